The van der Waals surface area contributed by atoms with Crippen LogP contribution in [0.3, 0.4) is 0 Å². The van der Waals surface area contributed by atoms with Crippen molar-refractivity contribution in [2.45, 2.75) is 214 Å². The molecule has 16 rings (SSSR count). The number of aliphatic hydroxyl groups excluding tert-OH is 5. The Balaban J connectivity index is 0.976. The molecule has 22 N–H and O–H groups in total. The fourth-order valence-electron chi connectivity index (χ4n) is 18.1. The molecule has 5 aromatic rings. The Morgan fingerprint density at radius 2 is 1.28 bits per heavy atom. The van der Waals surface area contributed by atoms with Crippen LogP contribution in [0.1, 0.15) is 186 Å². The van der Waals surface area contributed by atoms with Crippen LogP contribution >= 0.6 is 23.2 Å². The Hall–Kier alpha value is -8.89. The minimum atomic E-state index is -3.75. The van der Waals surface area contributed by atoms with Crippen molar-refractivity contribution in [3.63, 3.8) is 0 Å². The van der Waals surface area contributed by atoms with Crippen LogP contribution in [0.25, 0.3) is 11.1 Å². The molecule has 37 heteroatoms. The van der Waals surface area contributed by atoms with Crippen LogP contribution in [-0.2, 0) is 65.4 Å². The number of aliphatic hydroxyl groups is 7. The maximum atomic E-state index is 16.4. The molecule has 5 aliphatic carbocycles. The number of amides is 8. The number of phenolic OH excluding ortho intramolecular Hbond substituents is 1. The van der Waals surface area contributed by atoms with Crippen LogP contribution in [-0.4, -0.2) is 190 Å². The molecule has 1 saturated heterocycles. The molecule has 119 heavy (non-hydrogen) atoms. The Morgan fingerprint density at radius 1 is 0.672 bits per heavy atom. The highest BCUT2D eigenvalue weighted by atomic mass is 35.5. The van der Waals surface area contributed by atoms with Crippen LogP contribution in [0.5, 0.6) is 34.5 Å². The Bertz CT molecular complexity index is 4800. The van der Waals surface area contributed by atoms with Crippen molar-refractivity contribution in [2.24, 2.45) is 41.1 Å². The number of sulfonamides is 1. The third kappa shape index (κ3) is 18.9. The monoisotopic (exact) mass is 1710 g/mol. The van der Waals surface area contributed by atoms with E-state index in [1.54, 1.807) is 0 Å². The smallest absolute Gasteiger partial charge is 0.248 e. The molecule has 15 bridgehead atoms. The fourth-order valence-corrected chi connectivity index (χ4v) is 19.7. The van der Waals surface area contributed by atoms with Gasteiger partial charge in [0.05, 0.1) is 28.3 Å². The zero-order valence-electron chi connectivity index (χ0n) is 66.0. The minimum Gasteiger partial charge on any atom is -0.508 e. The number of nitrogens with one attached hydrogen (secondary N) is 10. The highest BCUT2D eigenvalue weighted by Crippen LogP contribution is 2.56. The summed E-state index contributed by atoms with van der Waals surface area (Å²) in [5.74, 6) is -14.9. The van der Waals surface area contributed by atoms with E-state index >= 15 is 28.8 Å². The fraction of sp³-hybridized carbons (Fsp3) is 0.537. The molecular formula is C82H104Cl2N12O22S. The van der Waals surface area contributed by atoms with E-state index in [9.17, 15) is 58.9 Å². The average Bonchev–Trinajstić information content (AvgIpc) is 1.54. The molecule has 11 aliphatic rings. The lowest BCUT2D eigenvalue weighted by Gasteiger charge is -2.54. The van der Waals surface area contributed by atoms with E-state index in [1.165, 1.54) is 55.6 Å². The number of benzene rings is 5. The van der Waals surface area contributed by atoms with Gasteiger partial charge in [0.15, 0.2) is 11.5 Å². The van der Waals surface area contributed by atoms with Gasteiger partial charge in [-0.25, -0.2) is 13.1 Å². The van der Waals surface area contributed by atoms with Crippen molar-refractivity contribution >= 4 is 80.5 Å². The summed E-state index contributed by atoms with van der Waals surface area (Å²) in [5, 5.41) is 121. The number of carbonyl (C=O) groups excluding carboxylic acids is 8. The lowest BCUT2D eigenvalue weighted by molar-refractivity contribution is -0.270. The second-order valence-corrected chi connectivity index (χ2v) is 35.6. The Kier molecular flexibility index (Phi) is 27.2. The van der Waals surface area contributed by atoms with Crippen molar-refractivity contribution in [3.05, 3.63) is 127 Å². The third-order valence-electron chi connectivity index (χ3n) is 24.0. The largest absolute Gasteiger partial charge is 0.508 e. The molecule has 13 unspecified atom stereocenters. The molecule has 0 radical (unpaired) electrons. The number of aromatic hydroxyl groups is 1. The first-order valence-corrected chi connectivity index (χ1v) is 42.9. The lowest BCUT2D eigenvalue weighted by atomic mass is 9.54. The number of hydrogen-bond acceptors (Lipinski definition) is 25. The number of halogens is 2. The summed E-state index contributed by atoms with van der Waals surface area (Å²) in [4.78, 5) is 122. The molecule has 5 fully saturated rings. The molecule has 0 spiro atoms. The van der Waals surface area contributed by atoms with Gasteiger partial charge in [0.25, 0.3) is 0 Å². The van der Waals surface area contributed by atoms with Gasteiger partial charge in [-0.15, -0.1) is 0 Å². The van der Waals surface area contributed by atoms with E-state index in [2.05, 4.69) is 59.5 Å². The number of ether oxygens (including phenoxy) is 4. The van der Waals surface area contributed by atoms with Gasteiger partial charge in [0.2, 0.25) is 75.1 Å². The van der Waals surface area contributed by atoms with Crippen molar-refractivity contribution in [1.29, 1.82) is 0 Å². The molecule has 34 nitrogen and oxygen atoms in total. The summed E-state index contributed by atoms with van der Waals surface area (Å²) in [6.45, 7) is 4.74. The van der Waals surface area contributed by atoms with Crippen molar-refractivity contribution in [3.8, 4) is 45.6 Å². The summed E-state index contributed by atoms with van der Waals surface area (Å²) in [6, 6.07) is -0.00828. The normalized spacial score (nSPS) is 28.3. The second kappa shape index (κ2) is 36.8. The zero-order valence-corrected chi connectivity index (χ0v) is 68.4. The number of hydrogen-bond donors (Lipinski definition) is 20. The minimum absolute atomic E-state index is 0.0409. The topological polar surface area (TPSA) is 542 Å². The average molecular weight is 1710 g/mol. The van der Waals surface area contributed by atoms with Crippen molar-refractivity contribution in [2.75, 3.05) is 32.4 Å². The molecule has 8 amide bonds. The van der Waals surface area contributed by atoms with E-state index in [1.807, 2.05) is 13.8 Å². The summed E-state index contributed by atoms with van der Waals surface area (Å²) >= 11 is 14.3. The predicted molar refractivity (Wildman–Crippen MR) is 430 cm³/mol. The quantitative estimate of drug-likeness (QED) is 0.0279. The van der Waals surface area contributed by atoms with Gasteiger partial charge < -0.3 is 119 Å². The summed E-state index contributed by atoms with van der Waals surface area (Å²) in [7, 11) is -2.26. The highest BCUT2D eigenvalue weighted by Gasteiger charge is 2.53. The molecule has 4 saturated carbocycles. The first-order chi connectivity index (χ1) is 56.6. The van der Waals surface area contributed by atoms with E-state index < -0.39 is 201 Å². The van der Waals surface area contributed by atoms with Gasteiger partial charge in [0, 0.05) is 48.9 Å². The molecule has 6 heterocycles. The number of primary amides is 1. The second-order valence-electron chi connectivity index (χ2n) is 32.9. The molecular weight excluding hydrogens is 1610 g/mol. The molecule has 5 aromatic carbocycles. The first kappa shape index (κ1) is 87.9. The Morgan fingerprint density at radius 3 is 1.89 bits per heavy atom. The van der Waals surface area contributed by atoms with Crippen LogP contribution in [0.15, 0.2) is 72.8 Å². The zero-order chi connectivity index (χ0) is 85.4. The molecule has 6 aliphatic heterocycles. The number of nitrogens with two attached hydrogens (primary N) is 2. The maximum absolute atomic E-state index is 16.4. The van der Waals surface area contributed by atoms with E-state index in [4.69, 9.17) is 53.6 Å². The summed E-state index contributed by atoms with van der Waals surface area (Å²) in [6.07, 6.45) is -3.74. The van der Waals surface area contributed by atoms with Crippen molar-refractivity contribution in [1.82, 2.24) is 52.6 Å². The van der Waals surface area contributed by atoms with Gasteiger partial charge in [-0.05, 0) is 169 Å². The number of carbonyl (C=O) groups is 8. The first-order valence-electron chi connectivity index (χ1n) is 40.5. The Labute approximate surface area is 696 Å². The molecule has 14 atom stereocenters. The lowest BCUT2D eigenvalue weighted by Crippen LogP contribution is -2.60. The van der Waals surface area contributed by atoms with Gasteiger partial charge >= 0.3 is 0 Å². The van der Waals surface area contributed by atoms with Crippen LogP contribution in [0, 0.1) is 29.6 Å². The van der Waals surface area contributed by atoms with Gasteiger partial charge in [-0.1, -0.05) is 107 Å². The van der Waals surface area contributed by atoms with Gasteiger partial charge in [-0.3, -0.25) is 38.4 Å². The number of rotatable bonds is 26. The number of fused-ring (bicyclic) bond motifs is 12. The van der Waals surface area contributed by atoms with Gasteiger partial charge in [0.1, 0.15) is 90.1 Å². The molecule has 644 valence electrons. The number of phenols is 1. The van der Waals surface area contributed by atoms with E-state index in [-0.39, 0.29) is 116 Å². The van der Waals surface area contributed by atoms with Gasteiger partial charge in [-0.2, -0.15) is 0 Å². The van der Waals surface area contributed by atoms with Crippen LogP contribution in [0.2, 0.25) is 10.0 Å². The van der Waals surface area contributed by atoms with E-state index in [0.29, 0.717) is 18.3 Å². The van der Waals surface area contributed by atoms with Crippen LogP contribution in [0.4, 0.5) is 0 Å². The third-order valence-corrected chi connectivity index (χ3v) is 26.1. The van der Waals surface area contributed by atoms with Crippen molar-refractivity contribution < 1.29 is 107 Å². The summed E-state index contributed by atoms with van der Waals surface area (Å²) in [5.41, 5.74) is 9.37. The van der Waals surface area contributed by atoms with Crippen LogP contribution < -0.4 is 78.3 Å². The SMILES string of the molecule is CCCCCCCCCS(=O)(=O)NCCNCc1c(O)cc2c3c1C(O)(O)c1ccc(cc1-3)C1NC(=O)C3NC(=O)C(CC(N)=O)NC(=O)C(NC(=O)C(CC(C)C)NC)C(O)c4ccc(c(Cl)c4)Oc4cc3cc(c4OC3OC(CN)C(O)C(O)C3O)Oc3ccc(cc3Cl)C(O)C(NC1=O)C(=O)N[C@@H]2C(=O)NC1C2CC3CC(C2)CC1C3. The number of unbranched alkanes of at least 4 members (excludes halogenated alkanes) is 6. The maximum Gasteiger partial charge on any atom is 0.248 e. The number of likely N-dealkylation sites (N-methyl/N-ethyl adjacent to an activating group) is 1. The predicted octanol–water partition coefficient (Wildman–Crippen LogP) is 2.54. The highest BCUT2D eigenvalue weighted by molar-refractivity contribution is 7.89. The summed E-state index contributed by atoms with van der Waals surface area (Å²) < 4.78 is 54.6. The van der Waals surface area contributed by atoms with E-state index in [0.717, 1.165) is 94.9 Å². The standard InChI is InChI=1S/C82H104Cl2N12O22S/c1-5-6-7-8-9-10-11-20-119(113,114)89-19-18-88-35-47-53(97)32-46-60-45-27-39(12-15-48(45)82(111,112)61(47)60)63-76(106)96-67(80(110)94-65(46)78(108)91-62-42-23-37-22-38(25-42)26-43(62)24-37)69(100)41-14-17-55(50(84)29-41)116-57-31-44-30-56(73(57)118-81-72(103)71(102)70(101)58(34-85)117-81)115-54-16-13-40(28-49(54)83)68(99)66(95-74(104)51(87-4)21-36(2)3)79(109)90-52(33-59(86)98)75(105)92-64(44)77(107)93-63/h12-17,27-32,36-38,42-43,51-52,58,62-72,81,87-89,97,99-103,111-112H,5-11,18-26,33-35,85H2,1-4H3,(H2,86,98)(H,90,109)(H,91,108)(H,92,105)(H,93,107)(H,94,110)(H,95,104)(H,96,106)/t37?,38?,42?,43?,51?,52?,58?,62?,63?,64?,65-,66?,67?,68?,69?,70?,71?,72?,81?/m0/s1. The molecule has 0 aromatic heterocycles.